The minimum Gasteiger partial charge on any atom is -0.460 e. The van der Waals surface area contributed by atoms with Crippen LogP contribution in [0.5, 0.6) is 0 Å². The number of carbonyl (C=O) groups is 5. The number of amides is 1. The first-order valence-corrected chi connectivity index (χ1v) is 24.2. The number of fused-ring (bicyclic) bond motifs is 3. The summed E-state index contributed by atoms with van der Waals surface area (Å²) in [4.78, 5) is 71.9. The van der Waals surface area contributed by atoms with Crippen molar-refractivity contribution in [1.29, 1.82) is 0 Å². The second kappa shape index (κ2) is 25.2. The van der Waals surface area contributed by atoms with Crippen LogP contribution in [0.15, 0.2) is 47.6 Å². The van der Waals surface area contributed by atoms with Gasteiger partial charge in [-0.1, -0.05) is 78.0 Å². The number of hydrogen-bond acceptors (Lipinski definition) is 12. The molecule has 0 aromatic rings. The van der Waals surface area contributed by atoms with E-state index in [1.165, 1.54) is 12.0 Å². The average molecular weight is 912 g/mol. The number of hydrogen-bond donors (Lipinski definition) is 2. The van der Waals surface area contributed by atoms with E-state index in [2.05, 4.69) is 6.92 Å². The SMILES string of the molecule is CO[C@H]1C[C@@H]2CC[C@@H](C)[C@@](O)(O2)C(=O)C(=O)N2CCCC[C@H]2C(=O)O[C@H]([C@H](C)C[C@@H]2CCC(C)[C@H](OC)C2)CC(=O)[C@H](C)/C=C(\C)[C@@H](O)[C@@H](OC)C(=O)[C@H](C)C[C@H](C)/C=C/C=C/C=C/1C. The highest BCUT2D eigenvalue weighted by molar-refractivity contribution is 6.39. The second-order valence-electron chi connectivity index (χ2n) is 20.0. The fourth-order valence-electron chi connectivity index (χ4n) is 10.4. The Kier molecular flexibility index (Phi) is 21.0. The fraction of sp³-hybridized carbons (Fsp3) is 0.750. The number of ether oxygens (including phenoxy) is 5. The lowest BCUT2D eigenvalue weighted by Crippen LogP contribution is -2.61. The number of piperidine rings is 1. The molecule has 1 aliphatic carbocycles. The number of allylic oxidation sites excluding steroid dienone is 6. The van der Waals surface area contributed by atoms with E-state index in [0.29, 0.717) is 56.4 Å². The summed E-state index contributed by atoms with van der Waals surface area (Å²) in [6.07, 6.45) is 13.6. The second-order valence-corrected chi connectivity index (χ2v) is 20.0. The van der Waals surface area contributed by atoms with Crippen LogP contribution in [0.4, 0.5) is 0 Å². The Morgan fingerprint density at radius 3 is 2.25 bits per heavy atom. The minimum absolute atomic E-state index is 0.0304. The van der Waals surface area contributed by atoms with Crippen LogP contribution in [0, 0.1) is 41.4 Å². The van der Waals surface area contributed by atoms with Gasteiger partial charge in [-0.15, -0.1) is 0 Å². The van der Waals surface area contributed by atoms with E-state index >= 15 is 0 Å². The quantitative estimate of drug-likeness (QED) is 0.153. The van der Waals surface area contributed by atoms with Crippen molar-refractivity contribution in [2.24, 2.45) is 41.4 Å². The average Bonchev–Trinajstić information content (AvgIpc) is 3.28. The Morgan fingerprint density at radius 2 is 1.57 bits per heavy atom. The fourth-order valence-corrected chi connectivity index (χ4v) is 10.4. The molecule has 2 saturated heterocycles. The van der Waals surface area contributed by atoms with Gasteiger partial charge >= 0.3 is 5.97 Å². The molecule has 4 aliphatic rings. The molecule has 13 heteroatoms. The zero-order valence-electron chi connectivity index (χ0n) is 41.2. The van der Waals surface area contributed by atoms with Crippen molar-refractivity contribution in [3.63, 3.8) is 0 Å². The number of esters is 1. The highest BCUT2D eigenvalue weighted by Crippen LogP contribution is 2.38. The van der Waals surface area contributed by atoms with E-state index in [4.69, 9.17) is 23.7 Å². The van der Waals surface area contributed by atoms with Crippen LogP contribution in [0.2, 0.25) is 0 Å². The van der Waals surface area contributed by atoms with Crippen molar-refractivity contribution < 1.29 is 57.9 Å². The zero-order valence-corrected chi connectivity index (χ0v) is 41.2. The van der Waals surface area contributed by atoms with Crippen LogP contribution >= 0.6 is 0 Å². The summed E-state index contributed by atoms with van der Waals surface area (Å²) in [7, 11) is 4.70. The number of methoxy groups -OCH3 is 3. The Labute approximate surface area is 388 Å². The third-order valence-electron chi connectivity index (χ3n) is 14.8. The molecule has 4 rings (SSSR count). The lowest BCUT2D eigenvalue weighted by Gasteiger charge is -2.42. The zero-order chi connectivity index (χ0) is 48.2. The number of aliphatic hydroxyl groups is 2. The predicted molar refractivity (Wildman–Crippen MR) is 248 cm³/mol. The number of ketones is 3. The molecule has 1 saturated carbocycles. The summed E-state index contributed by atoms with van der Waals surface area (Å²) < 4.78 is 29.7. The molecule has 3 fully saturated rings. The number of carbonyl (C=O) groups excluding carboxylic acids is 5. The van der Waals surface area contributed by atoms with Crippen LogP contribution in [0.25, 0.3) is 0 Å². The van der Waals surface area contributed by atoms with Gasteiger partial charge in [0.2, 0.25) is 5.79 Å². The third-order valence-corrected chi connectivity index (χ3v) is 14.8. The van der Waals surface area contributed by atoms with Gasteiger partial charge in [-0.25, -0.2) is 4.79 Å². The van der Waals surface area contributed by atoms with E-state index in [-0.39, 0.29) is 54.8 Å². The normalized spacial score (nSPS) is 40.4. The lowest BCUT2D eigenvalue weighted by atomic mass is 9.76. The van der Waals surface area contributed by atoms with Crippen LogP contribution in [0.3, 0.4) is 0 Å². The summed E-state index contributed by atoms with van der Waals surface area (Å²) in [5, 5.41) is 23.4. The van der Waals surface area contributed by atoms with E-state index in [9.17, 15) is 34.2 Å². The van der Waals surface area contributed by atoms with Gasteiger partial charge in [0.1, 0.15) is 30.1 Å². The molecule has 0 aromatic heterocycles. The maximum Gasteiger partial charge on any atom is 0.329 e. The number of Topliss-reactive ketones (excluding diaryl/α,β-unsaturated/α-hetero) is 3. The van der Waals surface area contributed by atoms with E-state index < -0.39 is 77.8 Å². The van der Waals surface area contributed by atoms with Gasteiger partial charge in [-0.05, 0) is 113 Å². The first-order valence-electron chi connectivity index (χ1n) is 24.2. The monoisotopic (exact) mass is 912 g/mol. The molecule has 13 nitrogen and oxygen atoms in total. The molecule has 0 aromatic carbocycles. The Balaban J connectivity index is 1.70. The summed E-state index contributed by atoms with van der Waals surface area (Å²) in [5.41, 5.74) is 1.30. The maximum atomic E-state index is 14.4. The summed E-state index contributed by atoms with van der Waals surface area (Å²) in [6, 6.07) is -1.11. The number of aliphatic hydroxyl groups excluding tert-OH is 1. The third kappa shape index (κ3) is 14.3. The first-order chi connectivity index (χ1) is 30.7. The minimum atomic E-state index is -2.41. The van der Waals surface area contributed by atoms with Crippen molar-refractivity contribution in [3.05, 3.63) is 47.6 Å². The molecule has 0 spiro atoms. The van der Waals surface area contributed by atoms with Crippen LogP contribution in [0.1, 0.15) is 132 Å². The summed E-state index contributed by atoms with van der Waals surface area (Å²) in [6.45, 7) is 15.1. The predicted octanol–water partition coefficient (Wildman–Crippen LogP) is 7.46. The van der Waals surface area contributed by atoms with Gasteiger partial charge in [-0.2, -0.15) is 0 Å². The van der Waals surface area contributed by atoms with Crippen molar-refractivity contribution in [2.45, 2.75) is 181 Å². The highest BCUT2D eigenvalue weighted by Gasteiger charge is 2.53. The van der Waals surface area contributed by atoms with Gasteiger partial charge in [0.25, 0.3) is 11.7 Å². The molecular weight excluding hydrogens is 831 g/mol. The van der Waals surface area contributed by atoms with Crippen molar-refractivity contribution in [1.82, 2.24) is 4.90 Å². The topological polar surface area (TPSA) is 175 Å². The van der Waals surface area contributed by atoms with Crippen molar-refractivity contribution in [3.8, 4) is 0 Å². The lowest BCUT2D eigenvalue weighted by molar-refractivity contribution is -0.265. The van der Waals surface area contributed by atoms with E-state index in [0.717, 1.165) is 24.8 Å². The Bertz CT molecular complexity index is 1750. The number of cyclic esters (lactones) is 1. The van der Waals surface area contributed by atoms with Crippen LogP contribution in [-0.2, 0) is 47.7 Å². The molecule has 2 N–H and O–H groups in total. The first kappa shape index (κ1) is 54.3. The molecule has 15 atom stereocenters. The summed E-state index contributed by atoms with van der Waals surface area (Å²) >= 11 is 0. The highest BCUT2D eigenvalue weighted by atomic mass is 16.6. The van der Waals surface area contributed by atoms with Gasteiger partial charge in [0, 0.05) is 58.5 Å². The molecule has 366 valence electrons. The molecule has 1 amide bonds. The van der Waals surface area contributed by atoms with Gasteiger partial charge in [-0.3, -0.25) is 19.2 Å². The van der Waals surface area contributed by atoms with E-state index in [1.807, 2.05) is 58.1 Å². The molecule has 3 heterocycles. The Morgan fingerprint density at radius 1 is 0.846 bits per heavy atom. The Hall–Kier alpha value is -3.33. The van der Waals surface area contributed by atoms with Crippen molar-refractivity contribution >= 4 is 29.2 Å². The van der Waals surface area contributed by atoms with Crippen molar-refractivity contribution in [2.75, 3.05) is 27.9 Å². The van der Waals surface area contributed by atoms with E-state index in [1.54, 1.807) is 41.1 Å². The van der Waals surface area contributed by atoms with Crippen LogP contribution < -0.4 is 0 Å². The van der Waals surface area contributed by atoms with Gasteiger partial charge < -0.3 is 38.8 Å². The molecule has 1 unspecified atom stereocenters. The molecule has 3 aliphatic heterocycles. The van der Waals surface area contributed by atoms with Gasteiger partial charge in [0.15, 0.2) is 5.78 Å². The molecule has 2 bridgehead atoms. The molecule has 65 heavy (non-hydrogen) atoms. The van der Waals surface area contributed by atoms with Gasteiger partial charge in [0.05, 0.1) is 18.3 Å². The number of nitrogens with zero attached hydrogens (tertiary/aromatic N) is 1. The largest absolute Gasteiger partial charge is 0.460 e. The van der Waals surface area contributed by atoms with Crippen LogP contribution in [-0.4, -0.2) is 121 Å². The smallest absolute Gasteiger partial charge is 0.329 e. The molecular formula is C52H81NO12. The number of rotatable bonds is 6. The summed E-state index contributed by atoms with van der Waals surface area (Å²) in [5.74, 6) is -7.07. The molecule has 0 radical (unpaired) electrons. The standard InChI is InChI=1S/C52H81NO12/c1-31-17-13-12-14-18-32(2)44(62-10)29-40-23-21-38(8)52(60,65-40)49(57)50(58)53-24-16-15-19-41(53)51(59)64-45(35(5)27-39-22-20-33(3)43(28-39)61-9)30-42(54)34(4)26-37(7)47(56)48(63-11)46(55)36(6)25-31/h12-14,17-18,26,31,33-36,38-41,43-45,47-48,56,60H,15-16,19-25,27-30H2,1-11H3/b14-12+,17-13+,32-18+,37-26+/t31-,33?,34-,35-,36-,38-,39+,40+,41+,43-,44+,45+,47-,48+,52-/m1/s1. The maximum absolute atomic E-state index is 14.4.